The number of alkyl halides is 2. The van der Waals surface area contributed by atoms with Crippen LogP contribution in [0.25, 0.3) is 0 Å². The molecule has 5 nitrogen and oxygen atoms in total. The molecule has 0 bridgehead atoms. The number of carbonyl (C=O) groups is 1. The molecule has 0 aliphatic rings. The van der Waals surface area contributed by atoms with Crippen molar-refractivity contribution in [3.63, 3.8) is 0 Å². The van der Waals surface area contributed by atoms with Crippen molar-refractivity contribution in [1.82, 2.24) is 20.3 Å². The summed E-state index contributed by atoms with van der Waals surface area (Å²) in [6.45, 7) is 0.396. The van der Waals surface area contributed by atoms with Gasteiger partial charge in [-0.1, -0.05) is 0 Å². The van der Waals surface area contributed by atoms with Crippen molar-refractivity contribution in [2.45, 2.75) is 12.8 Å². The molecule has 2 rings (SSSR count). The molecule has 2 heterocycles. The monoisotopic (exact) mass is 266 g/mol. The summed E-state index contributed by atoms with van der Waals surface area (Å²) in [4.78, 5) is 21.8. The van der Waals surface area contributed by atoms with Gasteiger partial charge < -0.3 is 10.3 Å². The Morgan fingerprint density at radius 2 is 2.26 bits per heavy atom. The SMILES string of the molecule is O=C(NCCc1ccc[nH]1)c1cc(C(F)F)ncn1. The molecule has 0 saturated carbocycles. The Hall–Kier alpha value is -2.31. The number of hydrogen-bond donors (Lipinski definition) is 2. The summed E-state index contributed by atoms with van der Waals surface area (Å²) in [7, 11) is 0. The van der Waals surface area contributed by atoms with Gasteiger partial charge in [0.05, 0.1) is 0 Å². The standard InChI is InChI=1S/C12H12F2N4O/c13-11(14)9-6-10(18-7-17-9)12(19)16-5-3-8-2-1-4-15-8/h1-2,4,6-7,11,15H,3,5H2,(H,16,19). The average Bonchev–Trinajstić information content (AvgIpc) is 2.92. The third kappa shape index (κ3) is 3.57. The van der Waals surface area contributed by atoms with Gasteiger partial charge in [0.1, 0.15) is 17.7 Å². The van der Waals surface area contributed by atoms with E-state index in [2.05, 4.69) is 20.3 Å². The molecule has 2 aromatic heterocycles. The second-order valence-electron chi connectivity index (χ2n) is 3.83. The third-order valence-corrected chi connectivity index (χ3v) is 2.49. The van der Waals surface area contributed by atoms with Gasteiger partial charge in [-0.3, -0.25) is 4.79 Å². The summed E-state index contributed by atoms with van der Waals surface area (Å²) in [6, 6.07) is 4.75. The van der Waals surface area contributed by atoms with E-state index in [-0.39, 0.29) is 5.69 Å². The van der Waals surface area contributed by atoms with E-state index in [1.807, 2.05) is 12.1 Å². The lowest BCUT2D eigenvalue weighted by Crippen LogP contribution is -2.26. The predicted octanol–water partition coefficient (Wildman–Crippen LogP) is 1.71. The Labute approximate surface area is 108 Å². The molecule has 0 spiro atoms. The van der Waals surface area contributed by atoms with Crippen LogP contribution in [0.1, 0.15) is 28.3 Å². The highest BCUT2D eigenvalue weighted by atomic mass is 19.3. The van der Waals surface area contributed by atoms with Gasteiger partial charge in [0.2, 0.25) is 0 Å². The topological polar surface area (TPSA) is 70.7 Å². The van der Waals surface area contributed by atoms with E-state index in [9.17, 15) is 13.6 Å². The zero-order chi connectivity index (χ0) is 13.7. The molecule has 2 aromatic rings. The van der Waals surface area contributed by atoms with Crippen molar-refractivity contribution in [2.24, 2.45) is 0 Å². The number of halogens is 2. The van der Waals surface area contributed by atoms with E-state index < -0.39 is 18.0 Å². The van der Waals surface area contributed by atoms with Gasteiger partial charge in [-0.25, -0.2) is 18.7 Å². The second-order valence-corrected chi connectivity index (χ2v) is 3.83. The van der Waals surface area contributed by atoms with E-state index >= 15 is 0 Å². The van der Waals surface area contributed by atoms with Crippen molar-refractivity contribution in [1.29, 1.82) is 0 Å². The van der Waals surface area contributed by atoms with Crippen LogP contribution in [0.15, 0.2) is 30.7 Å². The fraction of sp³-hybridized carbons (Fsp3) is 0.250. The van der Waals surface area contributed by atoms with Gasteiger partial charge >= 0.3 is 0 Å². The average molecular weight is 266 g/mol. The van der Waals surface area contributed by atoms with Crippen molar-refractivity contribution in [3.8, 4) is 0 Å². The highest BCUT2D eigenvalue weighted by Gasteiger charge is 2.13. The summed E-state index contributed by atoms with van der Waals surface area (Å²) in [5, 5.41) is 2.61. The van der Waals surface area contributed by atoms with Gasteiger partial charge in [0, 0.05) is 24.9 Å². The first-order valence-electron chi connectivity index (χ1n) is 5.67. The van der Waals surface area contributed by atoms with E-state index in [1.54, 1.807) is 6.20 Å². The van der Waals surface area contributed by atoms with E-state index in [4.69, 9.17) is 0 Å². The number of H-pyrrole nitrogens is 1. The molecule has 0 radical (unpaired) electrons. The van der Waals surface area contributed by atoms with E-state index in [0.29, 0.717) is 13.0 Å². The molecule has 2 N–H and O–H groups in total. The van der Waals surface area contributed by atoms with Gasteiger partial charge in [-0.05, 0) is 18.2 Å². The Morgan fingerprint density at radius 1 is 1.42 bits per heavy atom. The molecular formula is C12H12F2N4O. The molecule has 19 heavy (non-hydrogen) atoms. The van der Waals surface area contributed by atoms with Crippen molar-refractivity contribution in [3.05, 3.63) is 47.8 Å². The number of aromatic nitrogens is 3. The lowest BCUT2D eigenvalue weighted by molar-refractivity contribution is 0.0948. The van der Waals surface area contributed by atoms with Crippen LogP contribution in [0.3, 0.4) is 0 Å². The first-order chi connectivity index (χ1) is 9.16. The maximum absolute atomic E-state index is 12.4. The quantitative estimate of drug-likeness (QED) is 0.865. The molecule has 0 aliphatic heterocycles. The van der Waals surface area contributed by atoms with Gasteiger partial charge in [-0.2, -0.15) is 0 Å². The Kier molecular flexibility index (Phi) is 4.17. The van der Waals surface area contributed by atoms with E-state index in [0.717, 1.165) is 18.1 Å². The normalized spacial score (nSPS) is 10.7. The fourth-order valence-electron chi connectivity index (χ4n) is 1.54. The third-order valence-electron chi connectivity index (χ3n) is 2.49. The zero-order valence-corrected chi connectivity index (χ0v) is 9.94. The highest BCUT2D eigenvalue weighted by molar-refractivity contribution is 5.92. The lowest BCUT2D eigenvalue weighted by Gasteiger charge is -2.05. The summed E-state index contributed by atoms with van der Waals surface area (Å²) in [5.74, 6) is -0.490. The van der Waals surface area contributed by atoms with Crippen LogP contribution in [0, 0.1) is 0 Å². The minimum absolute atomic E-state index is 0.0585. The number of aromatic amines is 1. The smallest absolute Gasteiger partial charge is 0.280 e. The van der Waals surface area contributed by atoms with Crippen molar-refractivity contribution < 1.29 is 13.6 Å². The van der Waals surface area contributed by atoms with Crippen LogP contribution in [-0.2, 0) is 6.42 Å². The molecular weight excluding hydrogens is 254 g/mol. The summed E-state index contributed by atoms with van der Waals surface area (Å²) in [5.41, 5.74) is 0.470. The largest absolute Gasteiger partial charge is 0.365 e. The first kappa shape index (κ1) is 13.1. The number of amides is 1. The van der Waals surface area contributed by atoms with Crippen LogP contribution in [0.4, 0.5) is 8.78 Å². The Bertz CT molecular complexity index is 542. The summed E-state index contributed by atoms with van der Waals surface area (Å²) >= 11 is 0. The first-order valence-corrected chi connectivity index (χ1v) is 5.67. The van der Waals surface area contributed by atoms with Gasteiger partial charge in [0.15, 0.2) is 0 Å². The van der Waals surface area contributed by atoms with Crippen LogP contribution < -0.4 is 5.32 Å². The molecule has 0 saturated heterocycles. The number of hydrogen-bond acceptors (Lipinski definition) is 3. The lowest BCUT2D eigenvalue weighted by atomic mass is 10.3. The summed E-state index contributed by atoms with van der Waals surface area (Å²) < 4.78 is 24.8. The highest BCUT2D eigenvalue weighted by Crippen LogP contribution is 2.15. The number of rotatable bonds is 5. The zero-order valence-electron chi connectivity index (χ0n) is 9.94. The van der Waals surface area contributed by atoms with Crippen molar-refractivity contribution >= 4 is 5.91 Å². The van der Waals surface area contributed by atoms with Crippen LogP contribution in [0.5, 0.6) is 0 Å². The molecule has 0 unspecified atom stereocenters. The summed E-state index contributed by atoms with van der Waals surface area (Å²) in [6.07, 6.45) is 0.664. The predicted molar refractivity (Wildman–Crippen MR) is 63.8 cm³/mol. The Balaban J connectivity index is 1.90. The minimum atomic E-state index is -2.71. The molecule has 0 atom stereocenters. The molecule has 1 amide bonds. The molecule has 7 heteroatoms. The van der Waals surface area contributed by atoms with Crippen LogP contribution >= 0.6 is 0 Å². The molecule has 0 aliphatic carbocycles. The number of carbonyl (C=O) groups excluding carboxylic acids is 1. The maximum atomic E-state index is 12.4. The minimum Gasteiger partial charge on any atom is -0.365 e. The molecule has 0 aromatic carbocycles. The van der Waals surface area contributed by atoms with Gasteiger partial charge in [-0.15, -0.1) is 0 Å². The van der Waals surface area contributed by atoms with Crippen molar-refractivity contribution in [2.75, 3.05) is 6.54 Å². The van der Waals surface area contributed by atoms with Crippen LogP contribution in [0.2, 0.25) is 0 Å². The number of nitrogens with zero attached hydrogens (tertiary/aromatic N) is 2. The van der Waals surface area contributed by atoms with Crippen LogP contribution in [-0.4, -0.2) is 27.4 Å². The fourth-order valence-corrected chi connectivity index (χ4v) is 1.54. The number of nitrogens with one attached hydrogen (secondary N) is 2. The Morgan fingerprint density at radius 3 is 2.95 bits per heavy atom. The van der Waals surface area contributed by atoms with Gasteiger partial charge in [0.25, 0.3) is 12.3 Å². The maximum Gasteiger partial charge on any atom is 0.280 e. The second kappa shape index (κ2) is 6.03. The van der Waals surface area contributed by atoms with E-state index in [1.165, 1.54) is 0 Å². The molecule has 0 fully saturated rings. The molecule has 100 valence electrons.